The van der Waals surface area contributed by atoms with E-state index in [1.54, 1.807) is 0 Å². The highest BCUT2D eigenvalue weighted by Gasteiger charge is 2.39. The van der Waals surface area contributed by atoms with Crippen molar-refractivity contribution in [1.82, 2.24) is 5.32 Å². The van der Waals surface area contributed by atoms with E-state index in [1.807, 2.05) is 6.92 Å². The Bertz CT molecular complexity index is 240. The van der Waals surface area contributed by atoms with E-state index in [2.05, 4.69) is 5.32 Å². The maximum Gasteiger partial charge on any atom is 0.331 e. The highest BCUT2D eigenvalue weighted by atomic mass is 16.5. The molecule has 0 aliphatic carbocycles. The lowest BCUT2D eigenvalue weighted by Gasteiger charge is -2.29. The Morgan fingerprint density at radius 2 is 2.29 bits per heavy atom. The SMILES string of the molecule is CCC1(C(=O)OC)CCCCC(=O)N1. The Morgan fingerprint density at radius 3 is 2.86 bits per heavy atom. The van der Waals surface area contributed by atoms with Gasteiger partial charge in [-0.2, -0.15) is 0 Å². The van der Waals surface area contributed by atoms with Crippen molar-refractivity contribution in [3.63, 3.8) is 0 Å². The monoisotopic (exact) mass is 199 g/mol. The molecule has 14 heavy (non-hydrogen) atoms. The van der Waals surface area contributed by atoms with Crippen molar-refractivity contribution < 1.29 is 14.3 Å². The van der Waals surface area contributed by atoms with E-state index in [1.165, 1.54) is 7.11 Å². The van der Waals surface area contributed by atoms with Gasteiger partial charge in [0.25, 0.3) is 0 Å². The Labute approximate surface area is 84.0 Å². The molecule has 1 aliphatic heterocycles. The summed E-state index contributed by atoms with van der Waals surface area (Å²) < 4.78 is 4.73. The van der Waals surface area contributed by atoms with E-state index in [4.69, 9.17) is 4.74 Å². The smallest absolute Gasteiger partial charge is 0.331 e. The number of amides is 1. The average Bonchev–Trinajstić information content (AvgIpc) is 2.39. The normalized spacial score (nSPS) is 27.7. The van der Waals surface area contributed by atoms with Crippen molar-refractivity contribution in [2.45, 2.75) is 44.6 Å². The molecule has 0 saturated carbocycles. The molecular weight excluding hydrogens is 182 g/mol. The fourth-order valence-electron chi connectivity index (χ4n) is 1.86. The van der Waals surface area contributed by atoms with Crippen LogP contribution in [0.25, 0.3) is 0 Å². The van der Waals surface area contributed by atoms with Gasteiger partial charge in [-0.3, -0.25) is 4.79 Å². The number of carbonyl (C=O) groups is 2. The Balaban J connectivity index is 2.84. The van der Waals surface area contributed by atoms with Crippen LogP contribution in [0.1, 0.15) is 39.0 Å². The number of hydrogen-bond acceptors (Lipinski definition) is 3. The quantitative estimate of drug-likeness (QED) is 0.675. The third kappa shape index (κ3) is 2.05. The zero-order valence-corrected chi connectivity index (χ0v) is 8.76. The molecule has 1 unspecified atom stereocenters. The lowest BCUT2D eigenvalue weighted by Crippen LogP contribution is -2.53. The molecule has 1 saturated heterocycles. The summed E-state index contributed by atoms with van der Waals surface area (Å²) in [5.74, 6) is -0.370. The maximum absolute atomic E-state index is 11.6. The molecule has 1 fully saturated rings. The molecule has 0 radical (unpaired) electrons. The molecular formula is C10H17NO3. The van der Waals surface area contributed by atoms with Crippen LogP contribution in [-0.2, 0) is 14.3 Å². The average molecular weight is 199 g/mol. The van der Waals surface area contributed by atoms with Gasteiger partial charge in [-0.25, -0.2) is 4.79 Å². The van der Waals surface area contributed by atoms with Crippen LogP contribution in [0.4, 0.5) is 0 Å². The van der Waals surface area contributed by atoms with Gasteiger partial charge in [0.1, 0.15) is 5.54 Å². The predicted molar refractivity (Wildman–Crippen MR) is 51.6 cm³/mol. The van der Waals surface area contributed by atoms with Gasteiger partial charge in [0.05, 0.1) is 7.11 Å². The van der Waals surface area contributed by atoms with Crippen molar-refractivity contribution in [3.8, 4) is 0 Å². The molecule has 0 aromatic heterocycles. The van der Waals surface area contributed by atoms with Gasteiger partial charge in [0.2, 0.25) is 5.91 Å². The molecule has 1 amide bonds. The van der Waals surface area contributed by atoms with Crippen LogP contribution in [0.3, 0.4) is 0 Å². The number of hydrogen-bond donors (Lipinski definition) is 1. The van der Waals surface area contributed by atoms with Gasteiger partial charge in [-0.05, 0) is 25.7 Å². The van der Waals surface area contributed by atoms with Crippen molar-refractivity contribution in [2.24, 2.45) is 0 Å². The van der Waals surface area contributed by atoms with Crippen LogP contribution in [0, 0.1) is 0 Å². The summed E-state index contributed by atoms with van der Waals surface area (Å²) in [5.41, 5.74) is -0.775. The van der Waals surface area contributed by atoms with Crippen molar-refractivity contribution in [3.05, 3.63) is 0 Å². The van der Waals surface area contributed by atoms with Gasteiger partial charge in [-0.15, -0.1) is 0 Å². The number of ether oxygens (including phenoxy) is 1. The molecule has 1 atom stereocenters. The molecule has 0 spiro atoms. The van der Waals surface area contributed by atoms with Gasteiger partial charge >= 0.3 is 5.97 Å². The van der Waals surface area contributed by atoms with E-state index < -0.39 is 5.54 Å². The first kappa shape index (κ1) is 11.0. The summed E-state index contributed by atoms with van der Waals surface area (Å²) in [4.78, 5) is 22.9. The molecule has 0 aromatic rings. The van der Waals surface area contributed by atoms with Crippen LogP contribution in [0.2, 0.25) is 0 Å². The minimum Gasteiger partial charge on any atom is -0.467 e. The summed E-state index contributed by atoms with van der Waals surface area (Å²) in [6, 6.07) is 0. The molecule has 0 bridgehead atoms. The molecule has 1 N–H and O–H groups in total. The summed E-state index contributed by atoms with van der Waals surface area (Å²) in [5, 5.41) is 2.78. The topological polar surface area (TPSA) is 55.4 Å². The zero-order valence-electron chi connectivity index (χ0n) is 8.76. The lowest BCUT2D eigenvalue weighted by atomic mass is 9.91. The lowest BCUT2D eigenvalue weighted by molar-refractivity contribution is -0.151. The van der Waals surface area contributed by atoms with Crippen molar-refractivity contribution in [1.29, 1.82) is 0 Å². The van der Waals surface area contributed by atoms with E-state index >= 15 is 0 Å². The molecule has 80 valence electrons. The second kappa shape index (κ2) is 4.44. The zero-order chi connectivity index (χ0) is 10.6. The minimum atomic E-state index is -0.775. The summed E-state index contributed by atoms with van der Waals surface area (Å²) in [6.07, 6.45) is 3.53. The van der Waals surface area contributed by atoms with Gasteiger partial charge in [-0.1, -0.05) is 6.92 Å². The second-order valence-electron chi connectivity index (χ2n) is 3.68. The minimum absolute atomic E-state index is 0.0465. The largest absolute Gasteiger partial charge is 0.467 e. The van der Waals surface area contributed by atoms with Gasteiger partial charge < -0.3 is 10.1 Å². The number of carbonyl (C=O) groups excluding carboxylic acids is 2. The first-order valence-corrected chi connectivity index (χ1v) is 5.04. The van der Waals surface area contributed by atoms with E-state index in [0.29, 0.717) is 19.3 Å². The Kier molecular flexibility index (Phi) is 3.49. The Morgan fingerprint density at radius 1 is 1.57 bits per heavy atom. The first-order valence-electron chi connectivity index (χ1n) is 5.04. The fourth-order valence-corrected chi connectivity index (χ4v) is 1.86. The third-order valence-corrected chi connectivity index (χ3v) is 2.82. The summed E-state index contributed by atoms with van der Waals surface area (Å²) in [7, 11) is 1.36. The van der Waals surface area contributed by atoms with Crippen LogP contribution >= 0.6 is 0 Å². The second-order valence-corrected chi connectivity index (χ2v) is 3.68. The van der Waals surface area contributed by atoms with Crippen molar-refractivity contribution in [2.75, 3.05) is 7.11 Å². The molecule has 1 rings (SSSR count). The molecule has 1 aliphatic rings. The highest BCUT2D eigenvalue weighted by Crippen LogP contribution is 2.24. The summed E-state index contributed by atoms with van der Waals surface area (Å²) in [6.45, 7) is 1.89. The third-order valence-electron chi connectivity index (χ3n) is 2.82. The van der Waals surface area contributed by atoms with E-state index in [0.717, 1.165) is 12.8 Å². The van der Waals surface area contributed by atoms with Crippen LogP contribution in [0.5, 0.6) is 0 Å². The number of nitrogens with one attached hydrogen (secondary N) is 1. The van der Waals surface area contributed by atoms with Crippen molar-refractivity contribution >= 4 is 11.9 Å². The highest BCUT2D eigenvalue weighted by molar-refractivity contribution is 5.88. The van der Waals surface area contributed by atoms with Gasteiger partial charge in [0.15, 0.2) is 0 Å². The van der Waals surface area contributed by atoms with Gasteiger partial charge in [0, 0.05) is 6.42 Å². The number of methoxy groups -OCH3 is 1. The fraction of sp³-hybridized carbons (Fsp3) is 0.800. The predicted octanol–water partition coefficient (Wildman–Crippen LogP) is 0.998. The summed E-state index contributed by atoms with van der Waals surface area (Å²) >= 11 is 0. The maximum atomic E-state index is 11.6. The molecule has 4 nitrogen and oxygen atoms in total. The van der Waals surface area contributed by atoms with E-state index in [9.17, 15) is 9.59 Å². The molecule has 0 aromatic carbocycles. The molecule has 1 heterocycles. The van der Waals surface area contributed by atoms with Crippen LogP contribution in [0.15, 0.2) is 0 Å². The number of rotatable bonds is 2. The molecule has 4 heteroatoms. The number of esters is 1. The Hall–Kier alpha value is -1.06. The standard InChI is InChI=1S/C10H17NO3/c1-3-10(9(13)14-2)7-5-4-6-8(12)11-10/h3-7H2,1-2H3,(H,11,12). The first-order chi connectivity index (χ1) is 6.64. The van der Waals surface area contributed by atoms with Crippen LogP contribution < -0.4 is 5.32 Å². The van der Waals surface area contributed by atoms with Crippen LogP contribution in [-0.4, -0.2) is 24.5 Å². The van der Waals surface area contributed by atoms with E-state index in [-0.39, 0.29) is 11.9 Å².